The highest BCUT2D eigenvalue weighted by atomic mass is 32.2. The van der Waals surface area contributed by atoms with Crippen molar-refractivity contribution in [1.29, 1.82) is 0 Å². The van der Waals surface area contributed by atoms with Crippen LogP contribution >= 0.6 is 11.8 Å². The number of anilines is 1. The van der Waals surface area contributed by atoms with Gasteiger partial charge in [-0.3, -0.25) is 9.88 Å². The monoisotopic (exact) mass is 469 g/mol. The van der Waals surface area contributed by atoms with Crippen molar-refractivity contribution in [2.24, 2.45) is 0 Å². The Hall–Kier alpha value is -2.30. The van der Waals surface area contributed by atoms with Crippen LogP contribution in [0.2, 0.25) is 0 Å². The Bertz CT molecular complexity index is 873. The lowest BCUT2D eigenvalue weighted by Crippen LogP contribution is -2.60. The first kappa shape index (κ1) is 24.3. The lowest BCUT2D eigenvalue weighted by atomic mass is 10.0. The van der Waals surface area contributed by atoms with E-state index in [1.807, 2.05) is 6.92 Å². The predicted molar refractivity (Wildman–Crippen MR) is 117 cm³/mol. The molecule has 0 radical (unpaired) electrons. The molecule has 2 aromatic rings. The maximum Gasteiger partial charge on any atom is 0.464 e. The van der Waals surface area contributed by atoms with E-state index in [1.54, 1.807) is 42.5 Å². The Labute approximate surface area is 189 Å². The van der Waals surface area contributed by atoms with Crippen LogP contribution < -0.4 is 4.90 Å². The fourth-order valence-corrected chi connectivity index (χ4v) is 5.20. The first-order valence-electron chi connectivity index (χ1n) is 10.3. The highest BCUT2D eigenvalue weighted by molar-refractivity contribution is 8.00. The predicted octanol–water partition coefficient (Wildman–Crippen LogP) is 5.57. The highest BCUT2D eigenvalue weighted by Gasteiger charge is 2.63. The molecule has 3 rings (SSSR count). The molecule has 32 heavy (non-hydrogen) atoms. The molecule has 1 aromatic carbocycles. The molecule has 1 aliphatic heterocycles. The van der Waals surface area contributed by atoms with Crippen LogP contribution in [0.15, 0.2) is 54.9 Å². The van der Waals surface area contributed by atoms with Gasteiger partial charge in [-0.15, -0.1) is 16.7 Å². The van der Waals surface area contributed by atoms with Crippen molar-refractivity contribution in [3.8, 4) is 0 Å². The molecule has 2 unspecified atom stereocenters. The number of unbranched alkanes of at least 4 members (excludes halogenated alkanes) is 2. The number of para-hydroxylation sites is 1. The van der Waals surface area contributed by atoms with Gasteiger partial charge in [-0.25, -0.2) is 4.79 Å². The summed E-state index contributed by atoms with van der Waals surface area (Å²) in [5.41, 5.74) is -2.70. The topological polar surface area (TPSA) is 54.9 Å². The average molecular weight is 470 g/mol. The van der Waals surface area contributed by atoms with E-state index in [9.17, 15) is 18.0 Å². The molecule has 0 N–H and O–H groups in total. The van der Waals surface area contributed by atoms with Gasteiger partial charge in [-0.2, -0.15) is 13.2 Å². The van der Waals surface area contributed by atoms with Gasteiger partial charge < -0.3 is 9.47 Å². The third-order valence-electron chi connectivity index (χ3n) is 5.14. The zero-order chi connectivity index (χ0) is 23.2. The number of nitrogens with zero attached hydrogens (tertiary/aromatic N) is 3. The number of carbonyl (C=O) groups is 1. The van der Waals surface area contributed by atoms with Crippen molar-refractivity contribution in [2.75, 3.05) is 24.4 Å². The number of alkyl halides is 3. The van der Waals surface area contributed by atoms with Gasteiger partial charge in [0.1, 0.15) is 0 Å². The van der Waals surface area contributed by atoms with Crippen LogP contribution in [0.1, 0.15) is 31.7 Å². The van der Waals surface area contributed by atoms with Crippen LogP contribution in [0.5, 0.6) is 0 Å². The molecule has 10 heteroatoms. The quantitative estimate of drug-likeness (QED) is 0.372. The number of amides is 1. The number of benzene rings is 1. The van der Waals surface area contributed by atoms with Gasteiger partial charge in [0, 0.05) is 36.0 Å². The molecular formula is C22H26F3N3O3S. The van der Waals surface area contributed by atoms with E-state index in [0.717, 1.165) is 36.6 Å². The summed E-state index contributed by atoms with van der Waals surface area (Å²) < 4.78 is 54.8. The molecule has 6 nitrogen and oxygen atoms in total. The number of methoxy groups -OCH3 is 1. The molecule has 174 valence electrons. The third kappa shape index (κ3) is 5.02. The second kappa shape index (κ2) is 10.5. The van der Waals surface area contributed by atoms with Crippen molar-refractivity contribution < 1.29 is 27.4 Å². The summed E-state index contributed by atoms with van der Waals surface area (Å²) in [5, 5.41) is 0. The fourth-order valence-electron chi connectivity index (χ4n) is 3.64. The largest absolute Gasteiger partial charge is 0.464 e. The number of rotatable bonds is 8. The van der Waals surface area contributed by atoms with Crippen LogP contribution in [0.3, 0.4) is 0 Å². The number of carbonyl (C=O) groups excluding carboxylic acids is 1. The molecule has 0 bridgehead atoms. The maximum absolute atomic E-state index is 14.6. The van der Waals surface area contributed by atoms with Gasteiger partial charge in [0.2, 0.25) is 0 Å². The third-order valence-corrected chi connectivity index (χ3v) is 6.42. The molecule has 0 spiro atoms. The highest BCUT2D eigenvalue weighted by Crippen LogP contribution is 2.51. The van der Waals surface area contributed by atoms with Gasteiger partial charge >= 0.3 is 12.4 Å². The van der Waals surface area contributed by atoms with E-state index in [2.05, 4.69) is 4.98 Å². The van der Waals surface area contributed by atoms with E-state index in [0.29, 0.717) is 17.0 Å². The van der Waals surface area contributed by atoms with Crippen LogP contribution in [-0.2, 0) is 15.2 Å². The lowest BCUT2D eigenvalue weighted by Gasteiger charge is -2.42. The average Bonchev–Trinajstić information content (AvgIpc) is 3.19. The molecule has 0 saturated carbocycles. The van der Waals surface area contributed by atoms with Gasteiger partial charge in [-0.05, 0) is 24.6 Å². The summed E-state index contributed by atoms with van der Waals surface area (Å²) in [7, 11) is 1.14. The summed E-state index contributed by atoms with van der Waals surface area (Å²) >= 11 is 0.968. The van der Waals surface area contributed by atoms with Gasteiger partial charge in [-0.1, -0.05) is 44.0 Å². The molecule has 1 saturated heterocycles. The number of thioether (sulfide) groups is 1. The number of hydrogen-bond donors (Lipinski definition) is 0. The number of aromatic nitrogens is 1. The number of ether oxygens (including phenoxy) is 2. The van der Waals surface area contributed by atoms with Crippen molar-refractivity contribution >= 4 is 23.5 Å². The Balaban J connectivity index is 2.09. The van der Waals surface area contributed by atoms with E-state index in [1.165, 1.54) is 12.4 Å². The smallest absolute Gasteiger partial charge is 0.452 e. The summed E-state index contributed by atoms with van der Waals surface area (Å²) in [4.78, 5) is 18.0. The molecule has 1 fully saturated rings. The van der Waals surface area contributed by atoms with E-state index < -0.39 is 23.6 Å². The zero-order valence-corrected chi connectivity index (χ0v) is 18.7. The second-order valence-corrected chi connectivity index (χ2v) is 8.28. The first-order valence-corrected chi connectivity index (χ1v) is 11.3. The van der Waals surface area contributed by atoms with Crippen molar-refractivity contribution in [1.82, 2.24) is 9.88 Å². The van der Waals surface area contributed by atoms with Crippen LogP contribution in [-0.4, -0.2) is 47.2 Å². The molecule has 1 aliphatic rings. The summed E-state index contributed by atoms with van der Waals surface area (Å²) in [6.07, 6.45) is -0.453. The maximum atomic E-state index is 14.6. The summed E-state index contributed by atoms with van der Waals surface area (Å²) in [5.74, 6) is -0.0463. The minimum absolute atomic E-state index is 0.0463. The van der Waals surface area contributed by atoms with Gasteiger partial charge in [0.15, 0.2) is 11.2 Å². The number of pyridine rings is 1. The minimum Gasteiger partial charge on any atom is -0.452 e. The Morgan fingerprint density at radius 2 is 2.00 bits per heavy atom. The van der Waals surface area contributed by atoms with Crippen LogP contribution in [0.4, 0.5) is 23.7 Å². The molecule has 2 heterocycles. The van der Waals surface area contributed by atoms with Crippen molar-refractivity contribution in [3.05, 3.63) is 60.4 Å². The Morgan fingerprint density at radius 1 is 1.25 bits per heavy atom. The van der Waals surface area contributed by atoms with Crippen LogP contribution in [0.25, 0.3) is 0 Å². The van der Waals surface area contributed by atoms with E-state index >= 15 is 0 Å². The molecule has 1 aromatic heterocycles. The van der Waals surface area contributed by atoms with E-state index in [4.69, 9.17) is 9.47 Å². The molecular weight excluding hydrogens is 443 g/mol. The second-order valence-electron chi connectivity index (χ2n) is 7.23. The fraction of sp³-hybridized carbons (Fsp3) is 0.455. The first-order chi connectivity index (χ1) is 15.3. The molecule has 0 aliphatic carbocycles. The van der Waals surface area contributed by atoms with Gasteiger partial charge in [0.05, 0.1) is 7.11 Å². The Kier molecular flexibility index (Phi) is 8.02. The summed E-state index contributed by atoms with van der Waals surface area (Å²) in [6, 6.07) is 11.3. The minimum atomic E-state index is -4.81. The molecule has 1 amide bonds. The van der Waals surface area contributed by atoms with Crippen molar-refractivity contribution in [2.45, 2.75) is 43.7 Å². The summed E-state index contributed by atoms with van der Waals surface area (Å²) in [6.45, 7) is 2.15. The number of hydrogen-bond acceptors (Lipinski definition) is 6. The number of halogens is 3. The lowest BCUT2D eigenvalue weighted by molar-refractivity contribution is -0.325. The van der Waals surface area contributed by atoms with Crippen LogP contribution in [0, 0.1) is 0 Å². The SMILES string of the molecule is CCCCCOC1(c2cccnc2)CSC(N(C(=O)OC)c2ccccc2)N1C(F)(F)F. The van der Waals surface area contributed by atoms with Gasteiger partial charge in [0.25, 0.3) is 0 Å². The standard InChI is InChI=1S/C22H26F3N3O3S/c1-3-4-8-14-31-21(17-10-9-13-26-15-17)16-32-19(28(21)22(23,24)25)27(20(29)30-2)18-11-6-5-7-12-18/h5-7,9-13,15,19H,3-4,8,14,16H2,1-2H3. The Morgan fingerprint density at radius 3 is 2.59 bits per heavy atom. The van der Waals surface area contributed by atoms with Crippen molar-refractivity contribution in [3.63, 3.8) is 0 Å². The molecule has 2 atom stereocenters. The normalized spacial score (nSPS) is 21.5. The van der Waals surface area contributed by atoms with E-state index in [-0.39, 0.29) is 17.9 Å². The zero-order valence-electron chi connectivity index (χ0n) is 17.9.